The summed E-state index contributed by atoms with van der Waals surface area (Å²) in [5.41, 5.74) is 0.394. The van der Waals surface area contributed by atoms with Gasteiger partial charge in [-0.1, -0.05) is 18.2 Å². The summed E-state index contributed by atoms with van der Waals surface area (Å²) >= 11 is 0. The molecule has 0 amide bonds. The van der Waals surface area contributed by atoms with Gasteiger partial charge in [-0.15, -0.1) is 0 Å². The van der Waals surface area contributed by atoms with Crippen molar-refractivity contribution in [3.05, 3.63) is 109 Å². The molecule has 3 aromatic carbocycles. The lowest BCUT2D eigenvalue weighted by Gasteiger charge is -2.11. The fourth-order valence-electron chi connectivity index (χ4n) is 3.56. The van der Waals surface area contributed by atoms with Crippen LogP contribution in [0.1, 0.15) is 11.6 Å². The third-order valence-electron chi connectivity index (χ3n) is 5.32. The van der Waals surface area contributed by atoms with Crippen molar-refractivity contribution in [2.24, 2.45) is 0 Å². The Hall–Kier alpha value is -4.70. The van der Waals surface area contributed by atoms with Crippen molar-refractivity contribution < 1.29 is 17.9 Å². The first kappa shape index (κ1) is 24.0. The van der Waals surface area contributed by atoms with Crippen molar-refractivity contribution in [1.29, 1.82) is 0 Å². The summed E-state index contributed by atoms with van der Waals surface area (Å²) in [7, 11) is -3.79. The first-order valence-corrected chi connectivity index (χ1v) is 12.8. The van der Waals surface area contributed by atoms with Crippen molar-refractivity contribution in [1.82, 2.24) is 19.5 Å². The maximum atomic E-state index is 12.9. The highest BCUT2D eigenvalue weighted by Crippen LogP contribution is 2.26. The highest BCUT2D eigenvalue weighted by atomic mass is 32.2. The third kappa shape index (κ3) is 5.76. The zero-order valence-corrected chi connectivity index (χ0v) is 20.9. The van der Waals surface area contributed by atoms with Crippen LogP contribution in [0.2, 0.25) is 0 Å². The molecule has 0 spiro atoms. The Balaban J connectivity index is 1.26. The Morgan fingerprint density at radius 1 is 0.784 bits per heavy atom. The lowest BCUT2D eigenvalue weighted by Crippen LogP contribution is -2.12. The number of sulfonamides is 1. The number of hydrogen-bond acceptors (Lipinski definition) is 7. The molecule has 1 N–H and O–H groups in total. The Morgan fingerprint density at radius 3 is 2.11 bits per heavy atom. The molecule has 0 saturated carbocycles. The highest BCUT2D eigenvalue weighted by Gasteiger charge is 2.15. The second-order valence-corrected chi connectivity index (χ2v) is 9.76. The molecular formula is C27H23N5O4S. The van der Waals surface area contributed by atoms with Crippen molar-refractivity contribution in [2.45, 2.75) is 18.7 Å². The van der Waals surface area contributed by atoms with E-state index in [9.17, 15) is 8.42 Å². The molecule has 10 heteroatoms. The number of para-hydroxylation sites is 1. The molecular weight excluding hydrogens is 490 g/mol. The van der Waals surface area contributed by atoms with E-state index in [1.165, 1.54) is 12.1 Å². The first-order valence-electron chi connectivity index (χ1n) is 11.4. The zero-order valence-electron chi connectivity index (χ0n) is 20.1. The van der Waals surface area contributed by atoms with Gasteiger partial charge in [-0.05, 0) is 74.5 Å². The van der Waals surface area contributed by atoms with Crippen LogP contribution < -0.4 is 14.2 Å². The van der Waals surface area contributed by atoms with Crippen LogP contribution >= 0.6 is 0 Å². The number of anilines is 1. The predicted octanol–water partition coefficient (Wildman–Crippen LogP) is 5.66. The van der Waals surface area contributed by atoms with Gasteiger partial charge in [-0.25, -0.2) is 18.4 Å². The van der Waals surface area contributed by atoms with Crippen molar-refractivity contribution in [2.75, 3.05) is 4.72 Å². The average Bonchev–Trinajstić information content (AvgIpc) is 3.32. The maximum absolute atomic E-state index is 12.9. The molecule has 37 heavy (non-hydrogen) atoms. The minimum Gasteiger partial charge on any atom is -0.457 e. The standard InChI is InChI=1S/C27H23N5O4S/c1-19-29-26(32-17-16-28-20(32)2)18-27(30-19)36-24-10-8-21(9-11-24)31-37(33,34)25-14-12-23(13-15-25)35-22-6-4-3-5-7-22/h3-18,31H,1-2H3. The highest BCUT2D eigenvalue weighted by molar-refractivity contribution is 7.92. The van der Waals surface area contributed by atoms with Crippen LogP contribution in [-0.4, -0.2) is 27.9 Å². The molecule has 2 heterocycles. The smallest absolute Gasteiger partial charge is 0.261 e. The van der Waals surface area contributed by atoms with Gasteiger partial charge in [0.25, 0.3) is 10.0 Å². The number of ether oxygens (including phenoxy) is 2. The summed E-state index contributed by atoms with van der Waals surface area (Å²) in [4.78, 5) is 13.1. The first-order chi connectivity index (χ1) is 17.9. The van der Waals surface area contributed by atoms with Crippen LogP contribution in [0.4, 0.5) is 5.69 Å². The van der Waals surface area contributed by atoms with E-state index in [0.29, 0.717) is 40.5 Å². The summed E-state index contributed by atoms with van der Waals surface area (Å²) in [6, 6.07) is 23.8. The minimum atomic E-state index is -3.79. The molecule has 0 radical (unpaired) electrons. The predicted molar refractivity (Wildman–Crippen MR) is 139 cm³/mol. The van der Waals surface area contributed by atoms with Gasteiger partial charge in [-0.2, -0.15) is 4.98 Å². The lowest BCUT2D eigenvalue weighted by atomic mass is 10.3. The fraction of sp³-hybridized carbons (Fsp3) is 0.0741. The molecule has 0 fully saturated rings. The average molecular weight is 514 g/mol. The molecule has 0 atom stereocenters. The van der Waals surface area contributed by atoms with Crippen LogP contribution in [0.3, 0.4) is 0 Å². The molecule has 2 aromatic heterocycles. The Labute approximate surface area is 214 Å². The second kappa shape index (κ2) is 10.1. The summed E-state index contributed by atoms with van der Waals surface area (Å²) < 4.78 is 41.7. The van der Waals surface area contributed by atoms with E-state index in [4.69, 9.17) is 9.47 Å². The summed E-state index contributed by atoms with van der Waals surface area (Å²) in [5, 5.41) is 0. The Bertz CT molecular complexity index is 1620. The normalized spacial score (nSPS) is 11.2. The number of nitrogens with one attached hydrogen (secondary N) is 1. The molecule has 186 valence electrons. The molecule has 0 saturated heterocycles. The monoisotopic (exact) mass is 513 g/mol. The van der Waals surface area contributed by atoms with Crippen LogP contribution in [0, 0.1) is 13.8 Å². The largest absolute Gasteiger partial charge is 0.457 e. The topological polar surface area (TPSA) is 108 Å². The van der Waals surface area contributed by atoms with Crippen molar-refractivity contribution in [3.8, 4) is 28.9 Å². The number of rotatable bonds is 8. The van der Waals surface area contributed by atoms with E-state index in [1.807, 2.05) is 48.0 Å². The van der Waals surface area contributed by atoms with Gasteiger partial charge in [0.1, 0.15) is 34.7 Å². The van der Waals surface area contributed by atoms with E-state index >= 15 is 0 Å². The van der Waals surface area contributed by atoms with Crippen LogP contribution in [0.5, 0.6) is 23.1 Å². The number of imidazole rings is 1. The van der Waals surface area contributed by atoms with E-state index < -0.39 is 10.0 Å². The minimum absolute atomic E-state index is 0.118. The van der Waals surface area contributed by atoms with E-state index in [-0.39, 0.29) is 4.90 Å². The molecule has 0 aliphatic carbocycles. The molecule has 5 rings (SSSR count). The number of hydrogen-bond donors (Lipinski definition) is 1. The van der Waals surface area contributed by atoms with Gasteiger partial charge in [0.2, 0.25) is 5.88 Å². The zero-order chi connectivity index (χ0) is 25.8. The van der Waals surface area contributed by atoms with E-state index in [0.717, 1.165) is 5.82 Å². The summed E-state index contributed by atoms with van der Waals surface area (Å²) in [6.45, 7) is 3.66. The van der Waals surface area contributed by atoms with Gasteiger partial charge < -0.3 is 9.47 Å². The number of aromatic nitrogens is 4. The van der Waals surface area contributed by atoms with E-state index in [2.05, 4.69) is 19.7 Å². The molecule has 0 aliphatic rings. The Morgan fingerprint density at radius 2 is 1.43 bits per heavy atom. The molecule has 9 nitrogen and oxygen atoms in total. The third-order valence-corrected chi connectivity index (χ3v) is 6.71. The summed E-state index contributed by atoms with van der Waals surface area (Å²) in [6.07, 6.45) is 3.51. The van der Waals surface area contributed by atoms with Crippen LogP contribution in [0.15, 0.2) is 102 Å². The number of nitrogens with zero attached hydrogens (tertiary/aromatic N) is 4. The van der Waals surface area contributed by atoms with E-state index in [1.54, 1.807) is 55.6 Å². The summed E-state index contributed by atoms with van der Waals surface area (Å²) in [5.74, 6) is 4.05. The van der Waals surface area contributed by atoms with Gasteiger partial charge in [0, 0.05) is 24.1 Å². The van der Waals surface area contributed by atoms with Gasteiger partial charge in [0.15, 0.2) is 0 Å². The lowest BCUT2D eigenvalue weighted by molar-refractivity contribution is 0.459. The van der Waals surface area contributed by atoms with Gasteiger partial charge in [0.05, 0.1) is 4.90 Å². The molecule has 5 aromatic rings. The molecule has 0 bridgehead atoms. The SMILES string of the molecule is Cc1nc(Oc2ccc(NS(=O)(=O)c3ccc(Oc4ccccc4)cc3)cc2)cc(-n2ccnc2C)n1. The number of aryl methyl sites for hydroxylation is 2. The fourth-order valence-corrected chi connectivity index (χ4v) is 4.62. The van der Waals surface area contributed by atoms with Gasteiger partial charge >= 0.3 is 0 Å². The van der Waals surface area contributed by atoms with Gasteiger partial charge in [-0.3, -0.25) is 9.29 Å². The van der Waals surface area contributed by atoms with Crippen LogP contribution in [0.25, 0.3) is 5.82 Å². The molecule has 0 aliphatic heterocycles. The number of benzene rings is 3. The van der Waals surface area contributed by atoms with Crippen molar-refractivity contribution in [3.63, 3.8) is 0 Å². The second-order valence-electron chi connectivity index (χ2n) is 8.07. The quantitative estimate of drug-likeness (QED) is 0.285. The Kier molecular flexibility index (Phi) is 6.57. The molecule has 0 unspecified atom stereocenters. The van der Waals surface area contributed by atoms with Crippen molar-refractivity contribution >= 4 is 15.7 Å². The maximum Gasteiger partial charge on any atom is 0.261 e. The van der Waals surface area contributed by atoms with Crippen LogP contribution in [-0.2, 0) is 10.0 Å².